The van der Waals surface area contributed by atoms with Crippen LogP contribution in [0.4, 0.5) is 0 Å². The Bertz CT molecular complexity index is 1070. The number of methoxy groups -OCH3 is 1. The molecule has 0 aliphatic carbocycles. The van der Waals surface area contributed by atoms with Crippen LogP contribution in [0.15, 0.2) is 61.7 Å². The number of nitrogens with one attached hydrogen (secondary N) is 1. The van der Waals surface area contributed by atoms with E-state index in [-0.39, 0.29) is 11.5 Å². The quantitative estimate of drug-likeness (QED) is 0.116. The Morgan fingerprint density at radius 1 is 0.855 bits per heavy atom. The smallest absolute Gasteiger partial charge is 0.328 e. The molecule has 0 fully saturated rings. The van der Waals surface area contributed by atoms with Gasteiger partial charge in [0, 0.05) is 10.8 Å². The molecule has 3 atom stereocenters. The van der Waals surface area contributed by atoms with E-state index in [0.717, 1.165) is 33.6 Å². The monoisotopic (exact) mass is 812 g/mol. The second kappa shape index (κ2) is 51.3. The molecule has 0 saturated carbocycles. The molecule has 8 heteroatoms. The zero-order valence-electron chi connectivity index (χ0n) is 39.4. The molecule has 0 bridgehead atoms. The molecule has 0 aliphatic rings. The fourth-order valence-corrected chi connectivity index (χ4v) is 5.28. The van der Waals surface area contributed by atoms with E-state index in [2.05, 4.69) is 50.2 Å². The number of carbonyl (C=O) groups is 3. The Hall–Kier alpha value is -2.71. The fourth-order valence-electron chi connectivity index (χ4n) is 3.96. The summed E-state index contributed by atoms with van der Waals surface area (Å²) < 4.78 is 9.38. The maximum Gasteiger partial charge on any atom is 0.328 e. The number of benzene rings is 2. The van der Waals surface area contributed by atoms with Gasteiger partial charge in [0.2, 0.25) is 0 Å². The second-order valence-electron chi connectivity index (χ2n) is 11.5. The molecule has 324 valence electrons. The molecular formula is C47H89NO5S2. The summed E-state index contributed by atoms with van der Waals surface area (Å²) in [6.07, 6.45) is 9.44. The van der Waals surface area contributed by atoms with Gasteiger partial charge in [0.1, 0.15) is 11.6 Å². The standard InChI is InChI=1S/C21H25NO3S.C9H20S.C5H10O2.5C2H6.C2H4/c1-15-9-10-18(17(13-15)14-16-7-5-4-6-8-16)20(23)22-19(11-12-26-3)21(24)25-2;1-5-8(3)7-9(6-2)10-4;1-5(2,3)7-4-6;6*1-2/h4-10,13,19H,11-12,14H2,1-3H3,(H,22,23);8-9H,5-7H2,1-4H3;4H,1-3H3;5*1-2H3;1-2H2/t;8-,9?;;;;;;;/m.1......./s1. The van der Waals surface area contributed by atoms with Crippen molar-refractivity contribution in [2.45, 2.75) is 167 Å². The van der Waals surface area contributed by atoms with Gasteiger partial charge in [0.15, 0.2) is 0 Å². The number of carbonyl (C=O) groups excluding carboxylic acids is 3. The molecule has 0 radical (unpaired) electrons. The van der Waals surface area contributed by atoms with Gasteiger partial charge in [-0.3, -0.25) is 9.59 Å². The summed E-state index contributed by atoms with van der Waals surface area (Å²) in [4.78, 5) is 34.4. The second-order valence-corrected chi connectivity index (χ2v) is 13.6. The largest absolute Gasteiger partial charge is 0.467 e. The summed E-state index contributed by atoms with van der Waals surface area (Å²) in [5.41, 5.74) is 3.46. The van der Waals surface area contributed by atoms with Crippen LogP contribution >= 0.6 is 23.5 Å². The summed E-state index contributed by atoms with van der Waals surface area (Å²) in [6.45, 7) is 40.8. The van der Waals surface area contributed by atoms with Gasteiger partial charge in [-0.1, -0.05) is 144 Å². The first-order valence-electron chi connectivity index (χ1n) is 20.5. The lowest BCUT2D eigenvalue weighted by atomic mass is 9.97. The topological polar surface area (TPSA) is 81.7 Å². The van der Waals surface area contributed by atoms with Crippen LogP contribution in [-0.4, -0.2) is 60.6 Å². The maximum atomic E-state index is 12.8. The van der Waals surface area contributed by atoms with E-state index in [1.165, 1.54) is 26.4 Å². The highest BCUT2D eigenvalue weighted by atomic mass is 32.2. The number of ether oxygens (including phenoxy) is 2. The van der Waals surface area contributed by atoms with E-state index in [9.17, 15) is 14.4 Å². The highest BCUT2D eigenvalue weighted by molar-refractivity contribution is 7.99. The van der Waals surface area contributed by atoms with Crippen molar-refractivity contribution in [3.05, 3.63) is 83.9 Å². The number of amides is 1. The predicted octanol–water partition coefficient (Wildman–Crippen LogP) is 14.1. The summed E-state index contributed by atoms with van der Waals surface area (Å²) >= 11 is 3.64. The highest BCUT2D eigenvalue weighted by Crippen LogP contribution is 2.21. The lowest BCUT2D eigenvalue weighted by Crippen LogP contribution is -2.42. The molecule has 2 unspecified atom stereocenters. The van der Waals surface area contributed by atoms with Crippen molar-refractivity contribution < 1.29 is 23.9 Å². The van der Waals surface area contributed by atoms with Gasteiger partial charge in [-0.2, -0.15) is 23.5 Å². The minimum absolute atomic E-state index is 0.243. The molecule has 0 aliphatic heterocycles. The molecule has 1 N–H and O–H groups in total. The molecule has 55 heavy (non-hydrogen) atoms. The van der Waals surface area contributed by atoms with Crippen molar-refractivity contribution in [1.82, 2.24) is 5.32 Å². The van der Waals surface area contributed by atoms with Gasteiger partial charge in [-0.15, -0.1) is 13.2 Å². The lowest BCUT2D eigenvalue weighted by Gasteiger charge is -2.18. The molecule has 2 aromatic carbocycles. The Kier molecular flexibility index (Phi) is 62.5. The number of rotatable bonds is 14. The molecule has 6 nitrogen and oxygen atoms in total. The first-order chi connectivity index (χ1) is 26.3. The van der Waals surface area contributed by atoms with Gasteiger partial charge in [0.25, 0.3) is 12.4 Å². The van der Waals surface area contributed by atoms with Gasteiger partial charge in [-0.25, -0.2) is 4.79 Å². The van der Waals surface area contributed by atoms with Crippen LogP contribution in [0.1, 0.15) is 164 Å². The minimum Gasteiger partial charge on any atom is -0.467 e. The van der Waals surface area contributed by atoms with Gasteiger partial charge < -0.3 is 14.8 Å². The van der Waals surface area contributed by atoms with E-state index in [1.807, 2.05) is 163 Å². The van der Waals surface area contributed by atoms with E-state index in [1.54, 1.807) is 11.8 Å². The van der Waals surface area contributed by atoms with Crippen LogP contribution in [0.5, 0.6) is 0 Å². The van der Waals surface area contributed by atoms with Crippen LogP contribution < -0.4 is 5.32 Å². The van der Waals surface area contributed by atoms with Crippen molar-refractivity contribution in [2.75, 3.05) is 25.4 Å². The van der Waals surface area contributed by atoms with E-state index in [0.29, 0.717) is 24.9 Å². The van der Waals surface area contributed by atoms with Gasteiger partial charge >= 0.3 is 5.97 Å². The minimum atomic E-state index is -0.633. The van der Waals surface area contributed by atoms with Crippen LogP contribution in [0.2, 0.25) is 0 Å². The summed E-state index contributed by atoms with van der Waals surface area (Å²) in [5.74, 6) is 1.03. The molecule has 2 aromatic rings. The molecule has 0 spiro atoms. The van der Waals surface area contributed by atoms with Crippen molar-refractivity contribution in [3.63, 3.8) is 0 Å². The number of hydrogen-bond acceptors (Lipinski definition) is 7. The molecule has 0 saturated heterocycles. The third-order valence-electron chi connectivity index (χ3n) is 6.70. The van der Waals surface area contributed by atoms with E-state index < -0.39 is 12.0 Å². The number of esters is 1. The highest BCUT2D eigenvalue weighted by Gasteiger charge is 2.23. The predicted molar refractivity (Wildman–Crippen MR) is 253 cm³/mol. The van der Waals surface area contributed by atoms with Crippen molar-refractivity contribution >= 4 is 41.9 Å². The summed E-state index contributed by atoms with van der Waals surface area (Å²) in [5, 5.41) is 3.74. The zero-order valence-corrected chi connectivity index (χ0v) is 41.1. The van der Waals surface area contributed by atoms with E-state index in [4.69, 9.17) is 4.74 Å². The summed E-state index contributed by atoms with van der Waals surface area (Å²) in [7, 11) is 1.34. The normalized spacial score (nSPS) is 10.5. The van der Waals surface area contributed by atoms with Crippen molar-refractivity contribution in [1.29, 1.82) is 0 Å². The molecular weight excluding hydrogens is 723 g/mol. The first kappa shape index (κ1) is 67.1. The third-order valence-corrected chi connectivity index (χ3v) is 8.53. The van der Waals surface area contributed by atoms with Crippen LogP contribution in [0.3, 0.4) is 0 Å². The van der Waals surface area contributed by atoms with Crippen LogP contribution in [0.25, 0.3) is 0 Å². The van der Waals surface area contributed by atoms with Crippen molar-refractivity contribution in [2.24, 2.45) is 5.92 Å². The van der Waals surface area contributed by atoms with Gasteiger partial charge in [0.05, 0.1) is 7.11 Å². The Morgan fingerprint density at radius 2 is 1.36 bits per heavy atom. The molecule has 0 aromatic heterocycles. The number of thioether (sulfide) groups is 2. The maximum absolute atomic E-state index is 12.8. The first-order valence-corrected chi connectivity index (χ1v) is 23.2. The van der Waals surface area contributed by atoms with Crippen LogP contribution in [-0.2, 0) is 25.5 Å². The number of hydrogen-bond donors (Lipinski definition) is 1. The third kappa shape index (κ3) is 42.3. The lowest BCUT2D eigenvalue weighted by molar-refractivity contribution is -0.143. The molecule has 2 rings (SSSR count). The fraction of sp³-hybridized carbons (Fsp3) is 0.638. The van der Waals surface area contributed by atoms with Gasteiger partial charge in [-0.05, 0) is 94.8 Å². The van der Waals surface area contributed by atoms with E-state index >= 15 is 0 Å². The molecule has 1 amide bonds. The summed E-state index contributed by atoms with van der Waals surface area (Å²) in [6, 6.07) is 15.2. The van der Waals surface area contributed by atoms with Crippen LogP contribution in [0, 0.1) is 12.8 Å². The SMILES string of the molecule is C=C.CC.CC.CC.CC.CC.CC(C)(C)OC=O.CCC(C[C@H](C)CC)SC.COC(=O)C(CCSC)NC(=O)c1ccc(C)cc1Cc1ccccc1. The Morgan fingerprint density at radius 3 is 1.73 bits per heavy atom. The zero-order chi connectivity index (χ0) is 44.8. The average molecular weight is 812 g/mol. The average Bonchev–Trinajstić information content (AvgIpc) is 3.23. The Labute approximate surface area is 351 Å². The van der Waals surface area contributed by atoms with Crippen molar-refractivity contribution in [3.8, 4) is 0 Å². The molecule has 0 heterocycles. The number of aryl methyl sites for hydroxylation is 1. The Balaban J connectivity index is -0.000000131.